The van der Waals surface area contributed by atoms with E-state index >= 15 is 0 Å². The second kappa shape index (κ2) is 8.20. The van der Waals surface area contributed by atoms with Crippen LogP contribution in [0.15, 0.2) is 47.3 Å². The summed E-state index contributed by atoms with van der Waals surface area (Å²) in [5.41, 5.74) is 0.905. The van der Waals surface area contributed by atoms with E-state index in [1.807, 2.05) is 0 Å². The molecule has 0 spiro atoms. The number of carbonyl (C=O) groups excluding carboxylic acids is 1. The molecule has 2 N–H and O–H groups in total. The first kappa shape index (κ1) is 21.1. The van der Waals surface area contributed by atoms with E-state index in [1.54, 1.807) is 30.3 Å². The Hall–Kier alpha value is -3.11. The summed E-state index contributed by atoms with van der Waals surface area (Å²) in [6.45, 7) is 0.619. The molecule has 2 heterocycles. The molecule has 0 aliphatic carbocycles. The van der Waals surface area contributed by atoms with Crippen molar-refractivity contribution < 1.29 is 22.2 Å². The highest BCUT2D eigenvalue weighted by Gasteiger charge is 2.33. The van der Waals surface area contributed by atoms with Crippen molar-refractivity contribution in [3.05, 3.63) is 75.5 Å². The van der Waals surface area contributed by atoms with E-state index in [0.717, 1.165) is 0 Å². The van der Waals surface area contributed by atoms with E-state index in [9.17, 15) is 22.4 Å². The van der Waals surface area contributed by atoms with Crippen LogP contribution in [-0.2, 0) is 16.5 Å². The highest BCUT2D eigenvalue weighted by atomic mass is 32.2. The first-order valence-electron chi connectivity index (χ1n) is 9.70. The lowest BCUT2D eigenvalue weighted by atomic mass is 9.95. The molecule has 8 nitrogen and oxygen atoms in total. The van der Waals surface area contributed by atoms with Crippen LogP contribution in [0.3, 0.4) is 0 Å². The number of carbonyl (C=O) groups is 1. The minimum atomic E-state index is -4.04. The molecule has 31 heavy (non-hydrogen) atoms. The number of hydrogen-bond donors (Lipinski definition) is 2. The number of halogens is 1. The Kier molecular flexibility index (Phi) is 5.59. The van der Waals surface area contributed by atoms with Crippen molar-refractivity contribution in [3.8, 4) is 0 Å². The van der Waals surface area contributed by atoms with Crippen LogP contribution in [-0.4, -0.2) is 52.8 Å². The molecule has 10 heteroatoms. The van der Waals surface area contributed by atoms with Crippen LogP contribution < -0.4 is 5.56 Å². The van der Waals surface area contributed by atoms with Crippen molar-refractivity contribution in [3.63, 3.8) is 0 Å². The van der Waals surface area contributed by atoms with Crippen LogP contribution in [0.4, 0.5) is 4.39 Å². The van der Waals surface area contributed by atoms with Gasteiger partial charge in [-0.2, -0.15) is 13.5 Å². The summed E-state index contributed by atoms with van der Waals surface area (Å²) in [6, 6.07) is 11.3. The Labute approximate surface area is 177 Å². The van der Waals surface area contributed by atoms with Gasteiger partial charge in [0, 0.05) is 24.9 Å². The molecule has 1 saturated heterocycles. The Bertz CT molecular complexity index is 1320. The topological polar surface area (TPSA) is 120 Å². The molecular formula is C21H20FN3O5S. The number of hydrogen-bond acceptors (Lipinski definition) is 5. The molecular weight excluding hydrogens is 425 g/mol. The standard InChI is InChI=1S/C21H20FN3O5S/c22-18-6-5-13(10-19-15-3-1-2-4-16(15)20(26)24-23-19)9-17(18)21(27)25-11-14(12-25)7-8-31(28,29)30/h1-6,9,14H,7-8,10-12H2,(H,24,26)(H,28,29,30). The zero-order chi connectivity index (χ0) is 22.2. The summed E-state index contributed by atoms with van der Waals surface area (Å²) in [5.74, 6) is -1.52. The molecule has 0 bridgehead atoms. The average Bonchev–Trinajstić information content (AvgIpc) is 2.69. The molecule has 0 radical (unpaired) electrons. The van der Waals surface area contributed by atoms with Crippen molar-refractivity contribution in [2.75, 3.05) is 18.8 Å². The van der Waals surface area contributed by atoms with Crippen LogP contribution in [0.2, 0.25) is 0 Å². The Morgan fingerprint density at radius 1 is 1.19 bits per heavy atom. The molecule has 1 aliphatic heterocycles. The minimum absolute atomic E-state index is 0.0474. The van der Waals surface area contributed by atoms with Crippen molar-refractivity contribution in [1.29, 1.82) is 0 Å². The van der Waals surface area contributed by atoms with Crippen LogP contribution in [0.5, 0.6) is 0 Å². The van der Waals surface area contributed by atoms with E-state index in [0.29, 0.717) is 41.5 Å². The molecule has 162 valence electrons. The van der Waals surface area contributed by atoms with Gasteiger partial charge in [-0.3, -0.25) is 14.1 Å². The van der Waals surface area contributed by atoms with Crippen molar-refractivity contribution in [1.82, 2.24) is 15.1 Å². The quantitative estimate of drug-likeness (QED) is 0.560. The SMILES string of the molecule is O=C(c1cc(Cc2n[nH]c(=O)c3ccccc23)ccc1F)N1CC(CCS(=O)(=O)O)C1. The average molecular weight is 445 g/mol. The van der Waals surface area contributed by atoms with Gasteiger partial charge in [0.1, 0.15) is 5.82 Å². The number of nitrogens with one attached hydrogen (secondary N) is 1. The Balaban J connectivity index is 1.50. The smallest absolute Gasteiger partial charge is 0.272 e. The summed E-state index contributed by atoms with van der Waals surface area (Å²) < 4.78 is 44.9. The van der Waals surface area contributed by atoms with E-state index < -0.39 is 21.8 Å². The summed E-state index contributed by atoms with van der Waals surface area (Å²) in [4.78, 5) is 26.1. The number of benzene rings is 2. The molecule has 4 rings (SSSR count). The molecule has 1 fully saturated rings. The maximum atomic E-state index is 14.4. The first-order valence-corrected chi connectivity index (χ1v) is 11.3. The van der Waals surface area contributed by atoms with Gasteiger partial charge >= 0.3 is 0 Å². The van der Waals surface area contributed by atoms with Gasteiger partial charge < -0.3 is 4.90 Å². The Morgan fingerprint density at radius 3 is 2.61 bits per heavy atom. The molecule has 1 aromatic heterocycles. The fraction of sp³-hybridized carbons (Fsp3) is 0.286. The third-order valence-electron chi connectivity index (χ3n) is 5.44. The second-order valence-electron chi connectivity index (χ2n) is 7.69. The summed E-state index contributed by atoms with van der Waals surface area (Å²) in [6.07, 6.45) is 0.547. The number of rotatable bonds is 6. The monoisotopic (exact) mass is 445 g/mol. The van der Waals surface area contributed by atoms with E-state index in [4.69, 9.17) is 4.55 Å². The normalized spacial score (nSPS) is 14.6. The lowest BCUT2D eigenvalue weighted by molar-refractivity contribution is 0.0490. The number of fused-ring (bicyclic) bond motifs is 1. The fourth-order valence-electron chi connectivity index (χ4n) is 3.75. The number of amides is 1. The van der Waals surface area contributed by atoms with Gasteiger partial charge in [0.25, 0.3) is 21.6 Å². The minimum Gasteiger partial charge on any atom is -0.338 e. The molecule has 0 saturated carbocycles. The molecule has 0 atom stereocenters. The van der Waals surface area contributed by atoms with Crippen molar-refractivity contribution in [2.24, 2.45) is 5.92 Å². The molecule has 2 aromatic carbocycles. The fourth-order valence-corrected chi connectivity index (χ4v) is 4.38. The van der Waals surface area contributed by atoms with E-state index in [2.05, 4.69) is 10.2 Å². The van der Waals surface area contributed by atoms with Gasteiger partial charge in [-0.15, -0.1) is 0 Å². The van der Waals surface area contributed by atoms with Gasteiger partial charge in [-0.25, -0.2) is 9.49 Å². The van der Waals surface area contributed by atoms with Crippen molar-refractivity contribution >= 4 is 26.8 Å². The zero-order valence-electron chi connectivity index (χ0n) is 16.4. The van der Waals surface area contributed by atoms with Gasteiger partial charge in [0.05, 0.1) is 22.4 Å². The number of likely N-dealkylation sites (tertiary alicyclic amines) is 1. The Morgan fingerprint density at radius 2 is 1.90 bits per heavy atom. The van der Waals surface area contributed by atoms with Crippen LogP contribution in [0.1, 0.15) is 28.0 Å². The van der Waals surface area contributed by atoms with Gasteiger partial charge in [-0.1, -0.05) is 24.3 Å². The predicted molar refractivity (Wildman–Crippen MR) is 112 cm³/mol. The second-order valence-corrected chi connectivity index (χ2v) is 9.26. The van der Waals surface area contributed by atoms with Gasteiger partial charge in [0.2, 0.25) is 0 Å². The molecule has 1 aliphatic rings. The third kappa shape index (κ3) is 4.64. The number of aromatic amines is 1. The van der Waals surface area contributed by atoms with Crippen molar-refractivity contribution in [2.45, 2.75) is 12.8 Å². The highest BCUT2D eigenvalue weighted by molar-refractivity contribution is 7.85. The third-order valence-corrected chi connectivity index (χ3v) is 6.19. The molecule has 0 unspecified atom stereocenters. The summed E-state index contributed by atoms with van der Waals surface area (Å²) in [5, 5.41) is 7.77. The first-order chi connectivity index (χ1) is 14.7. The maximum absolute atomic E-state index is 14.4. The number of nitrogens with zero attached hydrogens (tertiary/aromatic N) is 2. The lowest BCUT2D eigenvalue weighted by Crippen LogP contribution is -2.50. The molecule has 3 aromatic rings. The van der Waals surface area contributed by atoms with E-state index in [-0.39, 0.29) is 29.2 Å². The van der Waals surface area contributed by atoms with Gasteiger partial charge in [0.15, 0.2) is 0 Å². The van der Waals surface area contributed by atoms with Gasteiger partial charge in [-0.05, 0) is 36.1 Å². The molecule has 1 amide bonds. The van der Waals surface area contributed by atoms with Crippen LogP contribution in [0.25, 0.3) is 10.8 Å². The predicted octanol–water partition coefficient (Wildman–Crippen LogP) is 2.00. The maximum Gasteiger partial charge on any atom is 0.272 e. The van der Waals surface area contributed by atoms with Crippen LogP contribution >= 0.6 is 0 Å². The van der Waals surface area contributed by atoms with Crippen LogP contribution in [0, 0.1) is 11.7 Å². The zero-order valence-corrected chi connectivity index (χ0v) is 17.2. The highest BCUT2D eigenvalue weighted by Crippen LogP contribution is 2.24. The summed E-state index contributed by atoms with van der Waals surface area (Å²) >= 11 is 0. The largest absolute Gasteiger partial charge is 0.338 e. The number of H-pyrrole nitrogens is 1. The van der Waals surface area contributed by atoms with E-state index in [1.165, 1.54) is 17.0 Å². The summed E-state index contributed by atoms with van der Waals surface area (Å²) in [7, 11) is -4.04. The number of aromatic nitrogens is 2. The lowest BCUT2D eigenvalue weighted by Gasteiger charge is -2.39.